The van der Waals surface area contributed by atoms with Crippen LogP contribution in [-0.2, 0) is 16.0 Å². The molecule has 2 aliphatic rings. The maximum absolute atomic E-state index is 12.4. The number of ketones is 2. The summed E-state index contributed by atoms with van der Waals surface area (Å²) in [5.41, 5.74) is 4.94. The molecule has 0 radical (unpaired) electrons. The average molecular weight is 450 g/mol. The van der Waals surface area contributed by atoms with Gasteiger partial charge in [-0.25, -0.2) is 4.68 Å². The van der Waals surface area contributed by atoms with Crippen LogP contribution in [0.3, 0.4) is 0 Å². The fourth-order valence-electron chi connectivity index (χ4n) is 3.80. The SMILES string of the molecule is CCc1ccc(-c2cn(C3COC4=C(Br)C(=O)C(=O)c5cccc3c54)nn2)cc1. The molecule has 1 aliphatic heterocycles. The molecule has 3 aromatic rings. The van der Waals surface area contributed by atoms with Crippen LogP contribution >= 0.6 is 15.9 Å². The zero-order valence-electron chi connectivity index (χ0n) is 15.6. The second-order valence-corrected chi connectivity index (χ2v) is 7.83. The lowest BCUT2D eigenvalue weighted by Crippen LogP contribution is -2.30. The number of nitrogens with zero attached hydrogens (tertiary/aromatic N) is 3. The average Bonchev–Trinajstić information content (AvgIpc) is 3.25. The van der Waals surface area contributed by atoms with Crippen molar-refractivity contribution in [1.82, 2.24) is 15.0 Å². The molecule has 6 nitrogen and oxygen atoms in total. The third kappa shape index (κ3) is 2.76. The van der Waals surface area contributed by atoms with Gasteiger partial charge in [0.1, 0.15) is 28.6 Å². The predicted octanol–water partition coefficient (Wildman–Crippen LogP) is 3.96. The largest absolute Gasteiger partial charge is 0.489 e. The Morgan fingerprint density at radius 3 is 2.69 bits per heavy atom. The number of hydrogen-bond donors (Lipinski definition) is 0. The summed E-state index contributed by atoms with van der Waals surface area (Å²) in [5.74, 6) is -0.689. The molecule has 0 N–H and O–H groups in total. The zero-order chi connectivity index (χ0) is 20.1. The van der Waals surface area contributed by atoms with Crippen LogP contribution in [0, 0.1) is 0 Å². The van der Waals surface area contributed by atoms with Crippen molar-refractivity contribution in [2.45, 2.75) is 19.4 Å². The first kappa shape index (κ1) is 18.0. The van der Waals surface area contributed by atoms with E-state index < -0.39 is 11.6 Å². The van der Waals surface area contributed by atoms with Gasteiger partial charge in [-0.1, -0.05) is 54.6 Å². The van der Waals surface area contributed by atoms with E-state index in [1.807, 2.05) is 24.4 Å². The van der Waals surface area contributed by atoms with Crippen molar-refractivity contribution < 1.29 is 14.3 Å². The third-order valence-electron chi connectivity index (χ3n) is 5.41. The van der Waals surface area contributed by atoms with E-state index in [1.54, 1.807) is 16.8 Å². The van der Waals surface area contributed by atoms with E-state index >= 15 is 0 Å². The molecule has 5 rings (SSSR count). The van der Waals surface area contributed by atoms with Crippen LogP contribution in [0.5, 0.6) is 0 Å². The first-order chi connectivity index (χ1) is 14.1. The summed E-state index contributed by atoms with van der Waals surface area (Å²) in [4.78, 5) is 24.6. The van der Waals surface area contributed by atoms with Crippen molar-refractivity contribution in [3.8, 4) is 11.3 Å². The number of aromatic nitrogens is 3. The van der Waals surface area contributed by atoms with Crippen molar-refractivity contribution in [2.24, 2.45) is 0 Å². The Hall–Kier alpha value is -3.06. The predicted molar refractivity (Wildman–Crippen MR) is 111 cm³/mol. The second-order valence-electron chi connectivity index (χ2n) is 7.03. The number of benzene rings is 2. The van der Waals surface area contributed by atoms with E-state index in [4.69, 9.17) is 4.74 Å². The van der Waals surface area contributed by atoms with Gasteiger partial charge in [-0.3, -0.25) is 9.59 Å². The minimum atomic E-state index is -0.582. The lowest BCUT2D eigenvalue weighted by Gasteiger charge is -2.31. The minimum Gasteiger partial charge on any atom is -0.489 e. The van der Waals surface area contributed by atoms with Gasteiger partial charge in [0.05, 0.1) is 6.20 Å². The normalized spacial score (nSPS) is 17.9. The molecule has 29 heavy (non-hydrogen) atoms. The smallest absolute Gasteiger partial charge is 0.244 e. The van der Waals surface area contributed by atoms with E-state index in [0.29, 0.717) is 23.5 Å². The van der Waals surface area contributed by atoms with Gasteiger partial charge in [-0.15, -0.1) is 5.10 Å². The highest BCUT2D eigenvalue weighted by Gasteiger charge is 2.39. The van der Waals surface area contributed by atoms with E-state index in [2.05, 4.69) is 45.3 Å². The van der Waals surface area contributed by atoms with Gasteiger partial charge in [0.15, 0.2) is 0 Å². The summed E-state index contributed by atoms with van der Waals surface area (Å²) in [7, 11) is 0. The van der Waals surface area contributed by atoms with Crippen molar-refractivity contribution in [2.75, 3.05) is 6.61 Å². The number of aryl methyl sites for hydroxylation is 1. The molecular weight excluding hydrogens is 434 g/mol. The summed E-state index contributed by atoms with van der Waals surface area (Å²) in [6.45, 7) is 2.41. The van der Waals surface area contributed by atoms with Crippen molar-refractivity contribution in [3.63, 3.8) is 0 Å². The highest BCUT2D eigenvalue weighted by Crippen LogP contribution is 2.42. The summed E-state index contributed by atoms with van der Waals surface area (Å²) >= 11 is 3.23. The molecule has 2 heterocycles. The summed E-state index contributed by atoms with van der Waals surface area (Å²) in [6.07, 6.45) is 2.87. The Morgan fingerprint density at radius 1 is 1.14 bits per heavy atom. The van der Waals surface area contributed by atoms with Gasteiger partial charge in [0.2, 0.25) is 11.6 Å². The topological polar surface area (TPSA) is 74.1 Å². The molecule has 0 saturated carbocycles. The van der Waals surface area contributed by atoms with Crippen molar-refractivity contribution in [3.05, 3.63) is 75.4 Å². The van der Waals surface area contributed by atoms with E-state index in [1.165, 1.54) is 5.56 Å². The maximum atomic E-state index is 12.4. The number of Topliss-reactive ketones (excluding diaryl/α,β-unsaturated/α-hetero) is 2. The molecule has 0 bridgehead atoms. The van der Waals surface area contributed by atoms with Crippen LogP contribution in [0.4, 0.5) is 0 Å². The van der Waals surface area contributed by atoms with Gasteiger partial charge in [-0.2, -0.15) is 0 Å². The van der Waals surface area contributed by atoms with E-state index in [-0.39, 0.29) is 10.5 Å². The molecule has 144 valence electrons. The van der Waals surface area contributed by atoms with Crippen LogP contribution in [-0.4, -0.2) is 33.2 Å². The molecule has 0 spiro atoms. The number of hydrogen-bond acceptors (Lipinski definition) is 5. The highest BCUT2D eigenvalue weighted by atomic mass is 79.9. The van der Waals surface area contributed by atoms with E-state index in [0.717, 1.165) is 23.2 Å². The van der Waals surface area contributed by atoms with Crippen molar-refractivity contribution >= 4 is 33.3 Å². The van der Waals surface area contributed by atoms with Gasteiger partial charge >= 0.3 is 0 Å². The van der Waals surface area contributed by atoms with Gasteiger partial charge in [-0.05, 0) is 33.5 Å². The number of carbonyl (C=O) groups excluding carboxylic acids is 2. The first-order valence-corrected chi connectivity index (χ1v) is 10.1. The fraction of sp³-hybridized carbons (Fsp3) is 0.182. The first-order valence-electron chi connectivity index (χ1n) is 9.34. The Balaban J connectivity index is 1.57. The number of rotatable bonds is 3. The molecule has 7 heteroatoms. The summed E-state index contributed by atoms with van der Waals surface area (Å²) < 4.78 is 7.83. The maximum Gasteiger partial charge on any atom is 0.244 e. The number of halogens is 1. The Labute approximate surface area is 175 Å². The molecule has 1 unspecified atom stereocenters. The summed E-state index contributed by atoms with van der Waals surface area (Å²) in [5, 5.41) is 8.64. The molecule has 0 amide bonds. The minimum absolute atomic E-state index is 0.177. The van der Waals surface area contributed by atoms with Crippen molar-refractivity contribution in [1.29, 1.82) is 0 Å². The molecule has 1 aliphatic carbocycles. The second kappa shape index (κ2) is 6.77. The fourth-order valence-corrected chi connectivity index (χ4v) is 4.30. The van der Waals surface area contributed by atoms with Gasteiger partial charge in [0, 0.05) is 16.7 Å². The van der Waals surface area contributed by atoms with Gasteiger partial charge in [0.25, 0.3) is 0 Å². The Morgan fingerprint density at radius 2 is 1.93 bits per heavy atom. The molecule has 0 saturated heterocycles. The molecule has 2 aromatic carbocycles. The number of ether oxygens (including phenoxy) is 1. The van der Waals surface area contributed by atoms with Gasteiger partial charge < -0.3 is 4.74 Å². The third-order valence-corrected chi connectivity index (χ3v) is 6.13. The summed E-state index contributed by atoms with van der Waals surface area (Å²) in [6, 6.07) is 13.4. The van der Waals surface area contributed by atoms with Crippen LogP contribution < -0.4 is 0 Å². The standard InChI is InChI=1S/C22H16BrN3O3/c1-2-12-6-8-13(9-7-12)16-10-26(25-24-16)17-11-29-22-18-14(17)4-3-5-15(18)20(27)21(28)19(22)23/h3-10,17H,2,11H2,1H3. The monoisotopic (exact) mass is 449 g/mol. The lowest BCUT2D eigenvalue weighted by atomic mass is 9.86. The Bertz CT molecular complexity index is 1190. The number of allylic oxidation sites excluding steroid dienone is 1. The highest BCUT2D eigenvalue weighted by molar-refractivity contribution is 9.12. The lowest BCUT2D eigenvalue weighted by molar-refractivity contribution is -0.111. The quantitative estimate of drug-likeness (QED) is 0.565. The van der Waals surface area contributed by atoms with Crippen LogP contribution in [0.25, 0.3) is 17.0 Å². The molecule has 1 atom stereocenters. The Kier molecular flexibility index (Phi) is 4.20. The number of carbonyl (C=O) groups is 2. The van der Waals surface area contributed by atoms with Crippen LogP contribution in [0.15, 0.2) is 53.1 Å². The molecule has 1 aromatic heterocycles. The van der Waals surface area contributed by atoms with E-state index in [9.17, 15) is 9.59 Å². The zero-order valence-corrected chi connectivity index (χ0v) is 17.1. The molecular formula is C22H16BrN3O3. The van der Waals surface area contributed by atoms with Crippen LogP contribution in [0.1, 0.15) is 40.0 Å². The molecule has 0 fully saturated rings. The van der Waals surface area contributed by atoms with Crippen LogP contribution in [0.2, 0.25) is 0 Å².